The van der Waals surface area contributed by atoms with Crippen LogP contribution in [-0.4, -0.2) is 101 Å². The van der Waals surface area contributed by atoms with Crippen LogP contribution >= 0.6 is 11.3 Å². The van der Waals surface area contributed by atoms with E-state index in [0.717, 1.165) is 44.1 Å². The van der Waals surface area contributed by atoms with E-state index in [-0.39, 0.29) is 67.4 Å². The van der Waals surface area contributed by atoms with Gasteiger partial charge < -0.3 is 43.7 Å². The van der Waals surface area contributed by atoms with E-state index in [9.17, 15) is 29.6 Å². The van der Waals surface area contributed by atoms with E-state index in [4.69, 9.17) is 23.5 Å². The highest BCUT2D eigenvalue weighted by Gasteiger charge is 2.43. The van der Waals surface area contributed by atoms with Gasteiger partial charge in [0.15, 0.2) is 5.76 Å². The average molecular weight is 1010 g/mol. The molecule has 2 aliphatic rings. The Balaban J connectivity index is 0.721. The quantitative estimate of drug-likeness (QED) is 0.0267. The lowest BCUT2D eigenvalue weighted by Gasteiger charge is -2.29. The Labute approximate surface area is 427 Å². The smallest absolute Gasteiger partial charge is 0.269 e. The van der Waals surface area contributed by atoms with Crippen LogP contribution in [0.1, 0.15) is 72.9 Å². The first kappa shape index (κ1) is 51.8. The number of anilines is 1. The summed E-state index contributed by atoms with van der Waals surface area (Å²) in [7, 11) is 0. The summed E-state index contributed by atoms with van der Waals surface area (Å²) in [6, 6.07) is 29.8. The van der Waals surface area contributed by atoms with Gasteiger partial charge in [-0.15, -0.1) is 11.3 Å². The number of aromatic nitrogens is 2. The van der Waals surface area contributed by atoms with Crippen molar-refractivity contribution < 1.29 is 47.9 Å². The van der Waals surface area contributed by atoms with E-state index >= 15 is 0 Å². The number of benzene rings is 4. The van der Waals surface area contributed by atoms with Crippen LogP contribution in [0.5, 0.6) is 11.6 Å². The number of hydrogen-bond donors (Lipinski definition) is 2. The van der Waals surface area contributed by atoms with Crippen molar-refractivity contribution in [2.24, 2.45) is 5.92 Å². The number of nitro groups is 1. The molecule has 2 aromatic heterocycles. The largest absolute Gasteiger partial charge is 0.491 e. The first-order valence-corrected chi connectivity index (χ1v) is 25.0. The number of aryl methyl sites for hydroxylation is 1. The summed E-state index contributed by atoms with van der Waals surface area (Å²) >= 11 is 1.58. The third-order valence-electron chi connectivity index (χ3n) is 12.6. The van der Waals surface area contributed by atoms with Crippen molar-refractivity contribution in [1.82, 2.24) is 20.4 Å². The van der Waals surface area contributed by atoms with E-state index in [2.05, 4.69) is 15.5 Å². The Morgan fingerprint density at radius 1 is 0.932 bits per heavy atom. The Morgan fingerprint density at radius 2 is 1.63 bits per heavy atom. The van der Waals surface area contributed by atoms with Crippen molar-refractivity contribution in [3.05, 3.63) is 165 Å². The van der Waals surface area contributed by atoms with Crippen LogP contribution in [0, 0.1) is 23.0 Å². The number of aliphatic hydroxyl groups excluding tert-OH is 1. The summed E-state index contributed by atoms with van der Waals surface area (Å²) in [6.07, 6.45) is 4.62. The van der Waals surface area contributed by atoms with E-state index in [1.807, 2.05) is 106 Å². The zero-order valence-corrected chi connectivity index (χ0v) is 41.9. The molecule has 17 nitrogen and oxygen atoms in total. The van der Waals surface area contributed by atoms with Crippen LogP contribution in [-0.2, 0) is 30.4 Å². The Bertz CT molecular complexity index is 2920. The zero-order chi connectivity index (χ0) is 51.4. The van der Waals surface area contributed by atoms with Gasteiger partial charge in [-0.2, -0.15) is 0 Å². The number of nitrogens with zero attached hydrogens (tertiary/aromatic N) is 5. The minimum Gasteiger partial charge on any atom is -0.491 e. The van der Waals surface area contributed by atoms with Gasteiger partial charge in [-0.25, -0.2) is 4.98 Å². The Hall–Kier alpha value is -7.51. The predicted molar refractivity (Wildman–Crippen MR) is 276 cm³/mol. The van der Waals surface area contributed by atoms with Crippen LogP contribution in [0.3, 0.4) is 0 Å². The van der Waals surface area contributed by atoms with Crippen molar-refractivity contribution in [2.45, 2.75) is 64.8 Å². The van der Waals surface area contributed by atoms with Crippen LogP contribution in [0.4, 0.5) is 11.4 Å². The predicted octanol–water partition coefficient (Wildman–Crippen LogP) is 8.73. The summed E-state index contributed by atoms with van der Waals surface area (Å²) in [6.45, 7) is 9.80. The zero-order valence-electron chi connectivity index (χ0n) is 41.0. The van der Waals surface area contributed by atoms with Gasteiger partial charge >= 0.3 is 0 Å². The van der Waals surface area contributed by atoms with Crippen LogP contribution < -0.4 is 19.7 Å². The molecule has 0 radical (unpaired) electrons. The third-order valence-corrected chi connectivity index (χ3v) is 13.6. The van der Waals surface area contributed by atoms with Gasteiger partial charge in [0.2, 0.25) is 11.8 Å². The molecule has 73 heavy (non-hydrogen) atoms. The first-order valence-electron chi connectivity index (χ1n) is 24.1. The minimum atomic E-state index is -0.856. The highest BCUT2D eigenvalue weighted by atomic mass is 32.1. The second-order valence-corrected chi connectivity index (χ2v) is 18.9. The first-order chi connectivity index (χ1) is 35.3. The molecule has 380 valence electrons. The maximum atomic E-state index is 14.1. The van der Waals surface area contributed by atoms with E-state index < -0.39 is 23.0 Å². The fourth-order valence-corrected chi connectivity index (χ4v) is 9.62. The summed E-state index contributed by atoms with van der Waals surface area (Å²) in [5.41, 5.74) is 8.69. The standard InChI is InChI=1S/C55H58N6O11S/c1-35(2)51(55(65)60-33-43(62)30-48(60)53(63)57-36(3)40-16-18-41(19-17-40)52-37(4)56-34-73-52)49-31-50(58-72-49)71-29-27-69-25-24-68-26-28-70-44-22-14-39(15-23-44)32-59-47-11-6-5-9-45(47)46(54(59)64)10-7-8-38-12-20-42(21-13-38)61(66)67/h5-23,31,34-36,43,48,51,62H,24-30,32-33H2,1-4H3,(H,57,63)/b8-7+,46-10-/t36-,43+,48-,51-/m0/s1. The molecule has 0 aliphatic carbocycles. The number of fused-ring (bicyclic) bond motifs is 1. The maximum Gasteiger partial charge on any atom is 0.269 e. The number of nitro benzene ring substituents is 1. The minimum absolute atomic E-state index is 0.0170. The Morgan fingerprint density at radius 3 is 2.32 bits per heavy atom. The third kappa shape index (κ3) is 12.9. The van der Waals surface area contributed by atoms with Crippen molar-refractivity contribution in [3.8, 4) is 22.1 Å². The lowest BCUT2D eigenvalue weighted by molar-refractivity contribution is -0.384. The molecule has 0 bridgehead atoms. The number of amides is 3. The number of hydrogen-bond acceptors (Lipinski definition) is 14. The summed E-state index contributed by atoms with van der Waals surface area (Å²) in [5, 5.41) is 28.7. The number of β-amino-alcohol motifs (C(OH)–C–C–N with tert-alkyl or cyclic N) is 1. The number of allylic oxidation sites excluding steroid dienone is 2. The number of nitrogens with one attached hydrogen (secondary N) is 1. The lowest BCUT2D eigenvalue weighted by atomic mass is 9.91. The highest BCUT2D eigenvalue weighted by molar-refractivity contribution is 7.13. The lowest BCUT2D eigenvalue weighted by Crippen LogP contribution is -2.48. The maximum absolute atomic E-state index is 14.1. The monoisotopic (exact) mass is 1010 g/mol. The molecule has 4 atom stereocenters. The number of ether oxygens (including phenoxy) is 4. The topological polar surface area (TPSA) is 209 Å². The highest BCUT2D eigenvalue weighted by Crippen LogP contribution is 2.38. The molecule has 18 heteroatoms. The molecule has 3 amide bonds. The van der Waals surface area contributed by atoms with Crippen molar-refractivity contribution in [3.63, 3.8) is 0 Å². The molecule has 2 aliphatic heterocycles. The average Bonchev–Trinajstić information content (AvgIpc) is 4.19. The molecule has 0 spiro atoms. The summed E-state index contributed by atoms with van der Waals surface area (Å²) in [5.74, 6) is -0.611. The van der Waals surface area contributed by atoms with Gasteiger partial charge in [0.05, 0.1) is 71.8 Å². The molecule has 4 heterocycles. The Kier molecular flexibility index (Phi) is 17.2. The summed E-state index contributed by atoms with van der Waals surface area (Å²) in [4.78, 5) is 60.5. The van der Waals surface area contributed by atoms with E-state index in [1.54, 1.807) is 52.7 Å². The van der Waals surface area contributed by atoms with Crippen molar-refractivity contribution >= 4 is 52.1 Å². The fraction of sp³-hybridized carbons (Fsp3) is 0.327. The fourth-order valence-electron chi connectivity index (χ4n) is 8.81. The van der Waals surface area contributed by atoms with Crippen LogP contribution in [0.2, 0.25) is 0 Å². The van der Waals surface area contributed by atoms with Crippen LogP contribution in [0.15, 0.2) is 125 Å². The molecule has 1 fully saturated rings. The number of carbonyl (C=O) groups is 3. The number of likely N-dealkylation sites (tertiary alicyclic amines) is 1. The van der Waals surface area contributed by atoms with Gasteiger partial charge in [0.25, 0.3) is 17.5 Å². The molecular formula is C55H58N6O11S. The van der Waals surface area contributed by atoms with Gasteiger partial charge in [0.1, 0.15) is 30.9 Å². The number of non-ortho nitro benzene ring substituents is 1. The number of carbonyl (C=O) groups excluding carboxylic acids is 3. The van der Waals surface area contributed by atoms with Gasteiger partial charge in [0, 0.05) is 42.3 Å². The molecule has 0 unspecified atom stereocenters. The number of rotatable bonds is 23. The number of thiazole rings is 1. The second-order valence-electron chi connectivity index (χ2n) is 18.1. The molecule has 8 rings (SSSR count). The van der Waals surface area contributed by atoms with Crippen molar-refractivity contribution in [1.29, 1.82) is 0 Å². The summed E-state index contributed by atoms with van der Waals surface area (Å²) < 4.78 is 28.6. The number of aliphatic hydroxyl groups is 1. The molecule has 1 saturated heterocycles. The normalized spacial score (nSPS) is 16.8. The van der Waals surface area contributed by atoms with Gasteiger partial charge in [-0.05, 0) is 83.6 Å². The van der Waals surface area contributed by atoms with Gasteiger partial charge in [-0.3, -0.25) is 24.5 Å². The van der Waals surface area contributed by atoms with E-state index in [0.29, 0.717) is 50.1 Å². The molecule has 6 aromatic rings. The molecule has 0 saturated carbocycles. The molecule has 4 aromatic carbocycles. The van der Waals surface area contributed by atoms with Gasteiger partial charge in [-0.1, -0.05) is 80.6 Å². The van der Waals surface area contributed by atoms with Crippen molar-refractivity contribution in [2.75, 3.05) is 51.1 Å². The van der Waals surface area contributed by atoms with E-state index in [1.165, 1.54) is 17.0 Å². The SMILES string of the molecule is Cc1ncsc1-c1ccc([C@H](C)NC(=O)[C@@H]2C[C@@H](O)CN2C(=O)[C@H](c2cc(OCCOCCOCCOc3ccc(CN4C(=O)/C(=C\C=C\c5ccc([N+](=O)[O-])cc5)c5ccccc54)cc3)no2)C(C)C)cc1. The number of para-hydroxylation sites is 1. The molecular weight excluding hydrogens is 953 g/mol. The second kappa shape index (κ2) is 24.3. The van der Waals surface area contributed by atoms with Crippen LogP contribution in [0.25, 0.3) is 22.1 Å². The molecule has 2 N–H and O–H groups in total.